The van der Waals surface area contributed by atoms with E-state index in [0.717, 1.165) is 25.8 Å². The summed E-state index contributed by atoms with van der Waals surface area (Å²) in [5.74, 6) is -0.701. The van der Waals surface area contributed by atoms with Gasteiger partial charge in [-0.15, -0.1) is 11.3 Å². The highest BCUT2D eigenvalue weighted by molar-refractivity contribution is 9.10. The maximum Gasteiger partial charge on any atom is 0.439 e. The van der Waals surface area contributed by atoms with Gasteiger partial charge < -0.3 is 9.88 Å². The van der Waals surface area contributed by atoms with Crippen molar-refractivity contribution in [3.8, 4) is 21.8 Å². The Morgan fingerprint density at radius 1 is 1.16 bits per heavy atom. The number of hydrogen-bond acceptors (Lipinski definition) is 5. The lowest BCUT2D eigenvalue weighted by atomic mass is 10.1. The van der Waals surface area contributed by atoms with Crippen LogP contribution in [0.2, 0.25) is 0 Å². The number of nitrogens with zero attached hydrogens (tertiary/aromatic N) is 2. The highest BCUT2D eigenvalue weighted by Crippen LogP contribution is 2.35. The normalized spacial score (nSPS) is 11.2. The molecule has 0 aliphatic heterocycles. The molecule has 5 aromatic rings. The maximum absolute atomic E-state index is 13.3. The van der Waals surface area contributed by atoms with Gasteiger partial charge in [0.15, 0.2) is 5.82 Å². The molecule has 0 unspecified atom stereocenters. The van der Waals surface area contributed by atoms with Crippen molar-refractivity contribution in [2.45, 2.75) is 6.92 Å². The van der Waals surface area contributed by atoms with Crippen LogP contribution in [0.15, 0.2) is 68.4 Å². The van der Waals surface area contributed by atoms with Crippen LogP contribution in [0.3, 0.4) is 0 Å². The lowest BCUT2D eigenvalue weighted by Gasteiger charge is -2.11. The molecule has 0 atom stereocenters. The first-order valence-electron chi connectivity index (χ1n) is 9.73. The average Bonchev–Trinajstić information content (AvgIpc) is 3.48. The number of hydrogen-bond donors (Lipinski definition) is 2. The van der Waals surface area contributed by atoms with E-state index in [9.17, 15) is 9.59 Å². The second kappa shape index (κ2) is 7.92. The number of aryl methyl sites for hydroxylation is 2. The smallest absolute Gasteiger partial charge is 0.339 e. The molecular weight excluding hydrogens is 492 g/mol. The van der Waals surface area contributed by atoms with Crippen LogP contribution < -0.4 is 11.1 Å². The van der Waals surface area contributed by atoms with Crippen LogP contribution in [-0.4, -0.2) is 20.6 Å². The molecule has 0 aliphatic rings. The van der Waals surface area contributed by atoms with E-state index in [1.54, 1.807) is 29.5 Å². The zero-order valence-corrected chi connectivity index (χ0v) is 19.5. The summed E-state index contributed by atoms with van der Waals surface area (Å²) in [5, 5.41) is 7.68. The van der Waals surface area contributed by atoms with Gasteiger partial charge in [-0.3, -0.25) is 14.3 Å². The summed E-state index contributed by atoms with van der Waals surface area (Å²) in [4.78, 5) is 29.6. The minimum Gasteiger partial charge on any atom is -0.339 e. The van der Waals surface area contributed by atoms with E-state index in [0.29, 0.717) is 16.9 Å². The lowest BCUT2D eigenvalue weighted by molar-refractivity contribution is 0.102. The second-order valence-electron chi connectivity index (χ2n) is 7.33. The molecule has 7 nitrogen and oxygen atoms in total. The largest absolute Gasteiger partial charge is 0.439 e. The van der Waals surface area contributed by atoms with Crippen molar-refractivity contribution < 1.29 is 9.32 Å². The van der Waals surface area contributed by atoms with E-state index in [-0.39, 0.29) is 11.7 Å². The number of carbonyl (C=O) groups excluding carboxylic acids is 1. The molecule has 160 valence electrons. The molecule has 0 aliphatic carbocycles. The van der Waals surface area contributed by atoms with Crippen LogP contribution in [0.5, 0.6) is 0 Å². The lowest BCUT2D eigenvalue weighted by Crippen LogP contribution is -2.16. The zero-order valence-electron chi connectivity index (χ0n) is 17.1. The van der Waals surface area contributed by atoms with E-state index >= 15 is 0 Å². The molecule has 2 aromatic carbocycles. The van der Waals surface area contributed by atoms with Crippen LogP contribution >= 0.6 is 27.3 Å². The number of aromatic nitrogens is 3. The topological polar surface area (TPSA) is 92.9 Å². The minimum absolute atomic E-state index is 0.235. The fourth-order valence-electron chi connectivity index (χ4n) is 3.77. The summed E-state index contributed by atoms with van der Waals surface area (Å²) in [5.41, 5.74) is 3.64. The molecule has 0 fully saturated rings. The molecular formula is C23H17BrN4O3S. The SMILES string of the molecule is Cc1ccc(-c2cccc3cc(C(=O)Nc4ccc(Br)cc4-c4noc(=O)[nH]4)n(C)c23)s1. The summed E-state index contributed by atoms with van der Waals surface area (Å²) in [6, 6.07) is 17.5. The summed E-state index contributed by atoms with van der Waals surface area (Å²) >= 11 is 5.14. The fraction of sp³-hybridized carbons (Fsp3) is 0.0870. The van der Waals surface area contributed by atoms with Gasteiger partial charge in [-0.1, -0.05) is 39.3 Å². The third-order valence-electron chi connectivity index (χ3n) is 5.22. The van der Waals surface area contributed by atoms with Gasteiger partial charge in [0, 0.05) is 37.8 Å². The number of rotatable bonds is 4. The Kier molecular flexibility index (Phi) is 5.07. The maximum atomic E-state index is 13.3. The number of halogens is 1. The van der Waals surface area contributed by atoms with Crippen molar-refractivity contribution in [3.05, 3.63) is 80.2 Å². The predicted octanol–water partition coefficient (Wildman–Crippen LogP) is 5.57. The van der Waals surface area contributed by atoms with Crippen molar-refractivity contribution in [3.63, 3.8) is 0 Å². The molecule has 0 saturated carbocycles. The predicted molar refractivity (Wildman–Crippen MR) is 129 cm³/mol. The van der Waals surface area contributed by atoms with E-state index in [1.165, 1.54) is 4.88 Å². The van der Waals surface area contributed by atoms with Crippen molar-refractivity contribution in [1.29, 1.82) is 0 Å². The van der Waals surface area contributed by atoms with Gasteiger partial charge >= 0.3 is 5.76 Å². The number of H-pyrrole nitrogens is 1. The third-order valence-corrected chi connectivity index (χ3v) is 6.75. The van der Waals surface area contributed by atoms with Gasteiger partial charge in [0.25, 0.3) is 5.91 Å². The quantitative estimate of drug-likeness (QED) is 0.331. The molecule has 9 heteroatoms. The van der Waals surface area contributed by atoms with E-state index in [4.69, 9.17) is 0 Å². The second-order valence-corrected chi connectivity index (χ2v) is 9.53. The Balaban J connectivity index is 1.56. The number of fused-ring (bicyclic) bond motifs is 1. The molecule has 2 N–H and O–H groups in total. The van der Waals surface area contributed by atoms with Gasteiger partial charge in [-0.05, 0) is 43.3 Å². The van der Waals surface area contributed by atoms with Gasteiger partial charge in [0.1, 0.15) is 5.69 Å². The Morgan fingerprint density at radius 2 is 2.00 bits per heavy atom. The van der Waals surface area contributed by atoms with Crippen LogP contribution in [0.1, 0.15) is 15.4 Å². The summed E-state index contributed by atoms with van der Waals surface area (Å²) < 4.78 is 7.31. The van der Waals surface area contributed by atoms with Gasteiger partial charge in [-0.2, -0.15) is 0 Å². The standard InChI is InChI=1S/C23H17BrN4O3S/c1-12-6-9-19(32-12)15-5-3-4-13-10-18(28(2)20(13)15)22(29)25-17-8-7-14(24)11-16(17)21-26-23(30)31-27-21/h3-11H,1-2H3,(H,25,29)(H,26,27,30). The third kappa shape index (κ3) is 3.59. The van der Waals surface area contributed by atoms with Crippen molar-refractivity contribution in [2.75, 3.05) is 5.32 Å². The monoisotopic (exact) mass is 508 g/mol. The van der Waals surface area contributed by atoms with Gasteiger partial charge in [0.05, 0.1) is 11.2 Å². The Morgan fingerprint density at radius 3 is 2.72 bits per heavy atom. The molecule has 0 radical (unpaired) electrons. The Labute approximate surface area is 194 Å². The summed E-state index contributed by atoms with van der Waals surface area (Å²) in [7, 11) is 1.89. The first kappa shape index (κ1) is 20.5. The molecule has 5 rings (SSSR count). The number of carbonyl (C=O) groups is 1. The van der Waals surface area contributed by atoms with Crippen molar-refractivity contribution >= 4 is 49.8 Å². The number of anilines is 1. The van der Waals surface area contributed by atoms with Gasteiger partial charge in [0.2, 0.25) is 0 Å². The average molecular weight is 509 g/mol. The molecule has 0 spiro atoms. The number of benzene rings is 2. The van der Waals surface area contributed by atoms with Crippen molar-refractivity contribution in [2.24, 2.45) is 7.05 Å². The van der Waals surface area contributed by atoms with Crippen molar-refractivity contribution in [1.82, 2.24) is 14.7 Å². The highest BCUT2D eigenvalue weighted by atomic mass is 79.9. The summed E-state index contributed by atoms with van der Waals surface area (Å²) in [6.07, 6.45) is 0. The minimum atomic E-state index is -0.665. The zero-order chi connectivity index (χ0) is 22.4. The summed E-state index contributed by atoms with van der Waals surface area (Å²) in [6.45, 7) is 2.08. The van der Waals surface area contributed by atoms with E-state index in [1.807, 2.05) is 29.8 Å². The molecule has 0 saturated heterocycles. The molecule has 1 amide bonds. The van der Waals surface area contributed by atoms with Crippen LogP contribution in [0, 0.1) is 6.92 Å². The van der Waals surface area contributed by atoms with Crippen LogP contribution in [0.25, 0.3) is 32.7 Å². The fourth-order valence-corrected chi connectivity index (χ4v) is 5.02. The first-order chi connectivity index (χ1) is 15.4. The highest BCUT2D eigenvalue weighted by Gasteiger charge is 2.19. The van der Waals surface area contributed by atoms with E-state index < -0.39 is 5.76 Å². The number of thiophene rings is 1. The molecule has 0 bridgehead atoms. The van der Waals surface area contributed by atoms with Crippen LogP contribution in [0.4, 0.5) is 5.69 Å². The molecule has 32 heavy (non-hydrogen) atoms. The Bertz CT molecular complexity index is 1540. The molecule has 3 heterocycles. The first-order valence-corrected chi connectivity index (χ1v) is 11.3. The number of aromatic amines is 1. The van der Waals surface area contributed by atoms with Gasteiger partial charge in [-0.25, -0.2) is 4.79 Å². The number of amides is 1. The Hall–Kier alpha value is -3.43. The number of para-hydroxylation sites is 1. The number of nitrogens with one attached hydrogen (secondary N) is 2. The van der Waals surface area contributed by atoms with Crippen LogP contribution in [-0.2, 0) is 7.05 Å². The van der Waals surface area contributed by atoms with E-state index in [2.05, 4.69) is 61.0 Å². The molecule has 3 aromatic heterocycles.